The molecule has 2 aromatic rings. The highest BCUT2D eigenvalue weighted by molar-refractivity contribution is 7.90. The summed E-state index contributed by atoms with van der Waals surface area (Å²) in [5, 5.41) is 6.55. The number of carbonyl (C=O) groups is 1. The van der Waals surface area contributed by atoms with Crippen molar-refractivity contribution in [1.82, 2.24) is 14.8 Å². The third-order valence-electron chi connectivity index (χ3n) is 5.21. The highest BCUT2D eigenvalue weighted by atomic mass is 32.2. The number of nitrogens with one attached hydrogen (secondary N) is 1. The number of sulfonamides is 1. The van der Waals surface area contributed by atoms with Gasteiger partial charge in [-0.25, -0.2) is 16.8 Å². The van der Waals surface area contributed by atoms with Crippen molar-refractivity contribution >= 4 is 25.8 Å². The highest BCUT2D eigenvalue weighted by Gasteiger charge is 2.42. The molecule has 1 aromatic heterocycles. The average Bonchev–Trinajstić information content (AvgIpc) is 3.28. The molecule has 2 atom stereocenters. The first-order chi connectivity index (χ1) is 13.9. The van der Waals surface area contributed by atoms with Crippen molar-refractivity contribution in [3.05, 3.63) is 41.3 Å². The van der Waals surface area contributed by atoms with Gasteiger partial charge in [0.1, 0.15) is 16.6 Å². The van der Waals surface area contributed by atoms with E-state index in [0.29, 0.717) is 18.4 Å². The van der Waals surface area contributed by atoms with Gasteiger partial charge in [-0.3, -0.25) is 4.79 Å². The lowest BCUT2D eigenvalue weighted by molar-refractivity contribution is -0.124. The van der Waals surface area contributed by atoms with E-state index in [1.54, 1.807) is 26.0 Å². The molecule has 0 radical (unpaired) electrons. The van der Waals surface area contributed by atoms with Gasteiger partial charge in [0.2, 0.25) is 15.9 Å². The predicted molar refractivity (Wildman–Crippen MR) is 109 cm³/mol. The van der Waals surface area contributed by atoms with Crippen molar-refractivity contribution in [2.45, 2.75) is 55.5 Å². The normalized spacial score (nSPS) is 19.0. The van der Waals surface area contributed by atoms with Gasteiger partial charge >= 0.3 is 0 Å². The van der Waals surface area contributed by atoms with E-state index in [1.807, 2.05) is 0 Å². The maximum Gasteiger partial charge on any atom is 0.249 e. The minimum atomic E-state index is -3.92. The van der Waals surface area contributed by atoms with Gasteiger partial charge in [-0.15, -0.1) is 0 Å². The first-order valence-corrected chi connectivity index (χ1v) is 12.8. The molecule has 1 fully saturated rings. The third-order valence-corrected chi connectivity index (χ3v) is 8.49. The van der Waals surface area contributed by atoms with Gasteiger partial charge in [0.25, 0.3) is 0 Å². The Morgan fingerprint density at radius 1 is 1.20 bits per heavy atom. The fourth-order valence-corrected chi connectivity index (χ4v) is 6.23. The summed E-state index contributed by atoms with van der Waals surface area (Å²) in [5.74, 6) is -0.208. The van der Waals surface area contributed by atoms with E-state index >= 15 is 0 Å². The lowest BCUT2D eigenvalue weighted by Gasteiger charge is -2.25. The van der Waals surface area contributed by atoms with Crippen LogP contribution < -0.4 is 5.32 Å². The fraction of sp³-hybridized carbons (Fsp3) is 0.474. The van der Waals surface area contributed by atoms with E-state index in [-0.39, 0.29) is 27.8 Å². The van der Waals surface area contributed by atoms with Crippen molar-refractivity contribution < 1.29 is 26.2 Å². The second-order valence-corrected chi connectivity index (χ2v) is 11.3. The zero-order valence-corrected chi connectivity index (χ0v) is 18.9. The molecule has 1 aliphatic rings. The van der Waals surface area contributed by atoms with E-state index in [1.165, 1.54) is 23.4 Å². The van der Waals surface area contributed by atoms with Crippen LogP contribution in [0.25, 0.3) is 0 Å². The van der Waals surface area contributed by atoms with Crippen LogP contribution in [0.1, 0.15) is 42.8 Å². The summed E-state index contributed by atoms with van der Waals surface area (Å²) in [4.78, 5) is 13.1. The molecule has 30 heavy (non-hydrogen) atoms. The summed E-state index contributed by atoms with van der Waals surface area (Å²) in [7, 11) is -7.23. The molecule has 0 bridgehead atoms. The molecule has 9 nitrogen and oxygen atoms in total. The number of carbonyl (C=O) groups excluding carboxylic acids is 1. The van der Waals surface area contributed by atoms with Gasteiger partial charge in [-0.1, -0.05) is 17.3 Å². The number of hydrogen-bond donors (Lipinski definition) is 1. The predicted octanol–water partition coefficient (Wildman–Crippen LogP) is 1.73. The molecule has 0 unspecified atom stereocenters. The Balaban J connectivity index is 1.77. The van der Waals surface area contributed by atoms with Crippen LogP contribution in [0.15, 0.2) is 38.6 Å². The zero-order valence-electron chi connectivity index (χ0n) is 17.2. The summed E-state index contributed by atoms with van der Waals surface area (Å²) in [6.45, 7) is 5.08. The number of aryl methyl sites for hydroxylation is 2. The van der Waals surface area contributed by atoms with Crippen molar-refractivity contribution in [1.29, 1.82) is 0 Å². The molecule has 1 aliphatic heterocycles. The monoisotopic (exact) mass is 455 g/mol. The number of amides is 1. The summed E-state index contributed by atoms with van der Waals surface area (Å²) in [5.41, 5.74) is 0.978. The Bertz CT molecular complexity index is 1130. The molecular formula is C19H25N3O6S2. The number of hydrogen-bond acceptors (Lipinski definition) is 7. The van der Waals surface area contributed by atoms with E-state index in [9.17, 15) is 21.6 Å². The van der Waals surface area contributed by atoms with Gasteiger partial charge < -0.3 is 9.84 Å². The Labute approximate surface area is 176 Å². The third kappa shape index (κ3) is 4.28. The first kappa shape index (κ1) is 22.4. The van der Waals surface area contributed by atoms with Crippen LogP contribution in [0, 0.1) is 13.8 Å². The quantitative estimate of drug-likeness (QED) is 0.703. The molecule has 164 valence electrons. The van der Waals surface area contributed by atoms with Gasteiger partial charge in [0.05, 0.1) is 10.9 Å². The van der Waals surface area contributed by atoms with E-state index in [0.717, 1.165) is 6.26 Å². The summed E-state index contributed by atoms with van der Waals surface area (Å²) < 4.78 is 55.6. The van der Waals surface area contributed by atoms with Crippen molar-refractivity contribution in [2.24, 2.45) is 0 Å². The number of rotatable bonds is 6. The van der Waals surface area contributed by atoms with Crippen molar-refractivity contribution in [3.8, 4) is 0 Å². The van der Waals surface area contributed by atoms with Crippen LogP contribution in [0.5, 0.6) is 0 Å². The van der Waals surface area contributed by atoms with E-state index in [2.05, 4.69) is 10.5 Å². The van der Waals surface area contributed by atoms with Crippen molar-refractivity contribution in [3.63, 3.8) is 0 Å². The second-order valence-electron chi connectivity index (χ2n) is 7.50. The summed E-state index contributed by atoms with van der Waals surface area (Å²) in [6, 6.07) is 4.98. The number of sulfone groups is 1. The zero-order chi connectivity index (χ0) is 22.3. The molecule has 1 N–H and O–H groups in total. The van der Waals surface area contributed by atoms with Crippen LogP contribution in [-0.4, -0.2) is 51.0 Å². The topological polar surface area (TPSA) is 127 Å². The Morgan fingerprint density at radius 3 is 2.37 bits per heavy atom. The molecule has 1 amide bonds. The van der Waals surface area contributed by atoms with Crippen LogP contribution in [0.3, 0.4) is 0 Å². The van der Waals surface area contributed by atoms with Crippen molar-refractivity contribution in [2.75, 3.05) is 12.8 Å². The lowest BCUT2D eigenvalue weighted by Crippen LogP contribution is -2.46. The van der Waals surface area contributed by atoms with Crippen LogP contribution in [0.4, 0.5) is 0 Å². The van der Waals surface area contributed by atoms with Gasteiger partial charge in [-0.05, 0) is 51.3 Å². The average molecular weight is 456 g/mol. The minimum Gasteiger partial charge on any atom is -0.360 e. The Morgan fingerprint density at radius 2 is 1.83 bits per heavy atom. The Kier molecular flexibility index (Phi) is 6.08. The van der Waals surface area contributed by atoms with E-state index in [4.69, 9.17) is 4.52 Å². The molecule has 0 saturated carbocycles. The number of aromatic nitrogens is 1. The standard InChI is InChI=1S/C19H25N3O6S2/c1-12(15-7-9-16(10-8-15)29(4,24)25)20-19(23)17-6-5-11-22(17)30(26,27)18-13(2)21-28-14(18)3/h7-10,12,17H,5-6,11H2,1-4H3,(H,20,23)/t12-,17+/m0/s1. The largest absolute Gasteiger partial charge is 0.360 e. The molecule has 2 heterocycles. The van der Waals surface area contributed by atoms with Gasteiger partial charge in [-0.2, -0.15) is 4.31 Å². The van der Waals surface area contributed by atoms with Gasteiger partial charge in [0, 0.05) is 12.8 Å². The smallest absolute Gasteiger partial charge is 0.249 e. The molecule has 3 rings (SSSR count). The number of benzene rings is 1. The molecule has 11 heteroatoms. The van der Waals surface area contributed by atoms with Crippen LogP contribution in [-0.2, 0) is 24.7 Å². The van der Waals surface area contributed by atoms with Crippen LogP contribution >= 0.6 is 0 Å². The lowest BCUT2D eigenvalue weighted by atomic mass is 10.1. The SMILES string of the molecule is Cc1noc(C)c1S(=O)(=O)N1CCC[C@@H]1C(=O)N[C@@H](C)c1ccc(S(C)(=O)=O)cc1. The fourth-order valence-electron chi connectivity index (χ4n) is 3.65. The summed E-state index contributed by atoms with van der Waals surface area (Å²) >= 11 is 0. The minimum absolute atomic E-state index is 0.00612. The second kappa shape index (κ2) is 8.12. The molecule has 0 spiro atoms. The maximum absolute atomic E-state index is 13.1. The summed E-state index contributed by atoms with van der Waals surface area (Å²) in [6.07, 6.45) is 2.10. The molecular weight excluding hydrogens is 430 g/mol. The highest BCUT2D eigenvalue weighted by Crippen LogP contribution is 2.30. The number of nitrogens with zero attached hydrogens (tertiary/aromatic N) is 2. The van der Waals surface area contributed by atoms with E-state index < -0.39 is 37.9 Å². The van der Waals surface area contributed by atoms with Crippen LogP contribution in [0.2, 0.25) is 0 Å². The maximum atomic E-state index is 13.1. The molecule has 1 aromatic carbocycles. The molecule has 0 aliphatic carbocycles. The van der Waals surface area contributed by atoms with Gasteiger partial charge in [0.15, 0.2) is 15.6 Å². The Hall–Kier alpha value is -2.24. The first-order valence-electron chi connectivity index (χ1n) is 9.48. The molecule has 1 saturated heterocycles.